The van der Waals surface area contributed by atoms with E-state index < -0.39 is 0 Å². The number of aromatic amines is 1. The van der Waals surface area contributed by atoms with Crippen LogP contribution in [0.1, 0.15) is 23.1 Å². The molecule has 0 bridgehead atoms. The normalized spacial score (nSPS) is 10.1. The van der Waals surface area contributed by atoms with Crippen LogP contribution in [0.3, 0.4) is 0 Å². The van der Waals surface area contributed by atoms with Gasteiger partial charge in [0, 0.05) is 12.0 Å². The van der Waals surface area contributed by atoms with E-state index in [-0.39, 0.29) is 5.91 Å². The number of hydrogen-bond acceptors (Lipinski definition) is 3. The van der Waals surface area contributed by atoms with Crippen LogP contribution in [-0.4, -0.2) is 21.1 Å². The summed E-state index contributed by atoms with van der Waals surface area (Å²) in [5, 5.41) is 9.24. The number of benzene rings is 1. The topological polar surface area (TPSA) is 70.7 Å². The highest BCUT2D eigenvalue weighted by molar-refractivity contribution is 6.03. The lowest BCUT2D eigenvalue weighted by Gasteiger charge is -1.99. The fourth-order valence-corrected chi connectivity index (χ4v) is 1.27. The van der Waals surface area contributed by atoms with Crippen molar-refractivity contribution in [2.24, 2.45) is 0 Å². The number of aromatic nitrogens is 3. The predicted molar refractivity (Wildman–Crippen MR) is 60.2 cm³/mol. The van der Waals surface area contributed by atoms with E-state index in [1.165, 1.54) is 0 Å². The molecule has 5 heteroatoms. The highest BCUT2D eigenvalue weighted by Gasteiger charge is 2.08. The Morgan fingerprint density at radius 3 is 2.75 bits per heavy atom. The summed E-state index contributed by atoms with van der Waals surface area (Å²) < 4.78 is 0. The SMILES string of the molecule is CCc1nc(NC(=O)c2ccccc2)n[nH]1. The molecule has 0 fully saturated rings. The van der Waals surface area contributed by atoms with Crippen LogP contribution in [0.2, 0.25) is 0 Å². The van der Waals surface area contributed by atoms with Crippen molar-refractivity contribution in [3.05, 3.63) is 41.7 Å². The van der Waals surface area contributed by atoms with Gasteiger partial charge in [-0.1, -0.05) is 25.1 Å². The lowest BCUT2D eigenvalue weighted by Crippen LogP contribution is -2.12. The van der Waals surface area contributed by atoms with E-state index in [0.717, 1.165) is 12.2 Å². The third-order valence-electron chi connectivity index (χ3n) is 2.13. The molecule has 0 aliphatic heterocycles. The smallest absolute Gasteiger partial charge is 0.258 e. The molecule has 2 N–H and O–H groups in total. The average Bonchev–Trinajstić information content (AvgIpc) is 2.78. The van der Waals surface area contributed by atoms with Gasteiger partial charge >= 0.3 is 0 Å². The Balaban J connectivity index is 2.08. The molecule has 0 atom stereocenters. The number of aryl methyl sites for hydroxylation is 1. The molecule has 0 radical (unpaired) electrons. The maximum atomic E-state index is 11.7. The van der Waals surface area contributed by atoms with E-state index in [1.807, 2.05) is 25.1 Å². The monoisotopic (exact) mass is 216 g/mol. The van der Waals surface area contributed by atoms with E-state index in [2.05, 4.69) is 20.5 Å². The Labute approximate surface area is 92.9 Å². The predicted octanol–water partition coefficient (Wildman–Crippen LogP) is 1.62. The fourth-order valence-electron chi connectivity index (χ4n) is 1.27. The summed E-state index contributed by atoms with van der Waals surface area (Å²) in [6.07, 6.45) is 0.758. The van der Waals surface area contributed by atoms with Gasteiger partial charge in [0.05, 0.1) is 0 Å². The van der Waals surface area contributed by atoms with Crippen molar-refractivity contribution in [2.45, 2.75) is 13.3 Å². The van der Waals surface area contributed by atoms with E-state index >= 15 is 0 Å². The zero-order valence-corrected chi connectivity index (χ0v) is 8.90. The maximum absolute atomic E-state index is 11.7. The minimum atomic E-state index is -0.206. The number of carbonyl (C=O) groups excluding carboxylic acids is 1. The Bertz CT molecular complexity index is 478. The Hall–Kier alpha value is -2.17. The standard InChI is InChI=1S/C11H12N4O/c1-2-9-12-11(15-14-9)13-10(16)8-6-4-3-5-7-8/h3-7H,2H2,1H3,(H2,12,13,14,15,16). The first-order chi connectivity index (χ1) is 7.79. The number of amides is 1. The van der Waals surface area contributed by atoms with Gasteiger partial charge in [-0.25, -0.2) is 0 Å². The summed E-state index contributed by atoms with van der Waals surface area (Å²) >= 11 is 0. The van der Waals surface area contributed by atoms with Crippen LogP contribution in [0.25, 0.3) is 0 Å². The molecule has 1 amide bonds. The van der Waals surface area contributed by atoms with Gasteiger partial charge in [0.15, 0.2) is 0 Å². The highest BCUT2D eigenvalue weighted by Crippen LogP contribution is 2.04. The van der Waals surface area contributed by atoms with Gasteiger partial charge in [-0.2, -0.15) is 4.98 Å². The molecule has 1 aromatic carbocycles. The van der Waals surface area contributed by atoms with Crippen molar-refractivity contribution >= 4 is 11.9 Å². The molecule has 0 saturated carbocycles. The van der Waals surface area contributed by atoms with E-state index in [1.54, 1.807) is 12.1 Å². The Morgan fingerprint density at radius 1 is 1.38 bits per heavy atom. The minimum Gasteiger partial charge on any atom is -0.289 e. The second kappa shape index (κ2) is 4.57. The number of nitrogens with zero attached hydrogens (tertiary/aromatic N) is 2. The van der Waals surface area contributed by atoms with Crippen molar-refractivity contribution in [1.82, 2.24) is 15.2 Å². The molecule has 16 heavy (non-hydrogen) atoms. The number of rotatable bonds is 3. The van der Waals surface area contributed by atoms with Gasteiger partial charge in [-0.15, -0.1) is 5.10 Å². The van der Waals surface area contributed by atoms with Crippen LogP contribution < -0.4 is 5.32 Å². The lowest BCUT2D eigenvalue weighted by atomic mass is 10.2. The van der Waals surface area contributed by atoms with Crippen molar-refractivity contribution in [2.75, 3.05) is 5.32 Å². The van der Waals surface area contributed by atoms with Crippen LogP contribution in [-0.2, 0) is 6.42 Å². The molecule has 2 aromatic rings. The average molecular weight is 216 g/mol. The van der Waals surface area contributed by atoms with Crippen molar-refractivity contribution < 1.29 is 4.79 Å². The van der Waals surface area contributed by atoms with Crippen LogP contribution in [0, 0.1) is 0 Å². The summed E-state index contributed by atoms with van der Waals surface area (Å²) in [6.45, 7) is 1.96. The second-order valence-electron chi connectivity index (χ2n) is 3.28. The Morgan fingerprint density at radius 2 is 2.12 bits per heavy atom. The molecule has 1 aromatic heterocycles. The number of carbonyl (C=O) groups is 1. The van der Waals surface area contributed by atoms with Gasteiger partial charge in [0.2, 0.25) is 5.95 Å². The molecular weight excluding hydrogens is 204 g/mol. The Kier molecular flexibility index (Phi) is 2.95. The lowest BCUT2D eigenvalue weighted by molar-refractivity contribution is 0.102. The summed E-state index contributed by atoms with van der Waals surface area (Å²) in [7, 11) is 0. The van der Waals surface area contributed by atoms with Crippen molar-refractivity contribution in [3.8, 4) is 0 Å². The van der Waals surface area contributed by atoms with E-state index in [9.17, 15) is 4.79 Å². The highest BCUT2D eigenvalue weighted by atomic mass is 16.1. The summed E-state index contributed by atoms with van der Waals surface area (Å²) in [5.74, 6) is 0.858. The minimum absolute atomic E-state index is 0.206. The van der Waals surface area contributed by atoms with Gasteiger partial charge in [-0.3, -0.25) is 15.2 Å². The molecule has 82 valence electrons. The zero-order valence-electron chi connectivity index (χ0n) is 8.90. The number of nitrogens with one attached hydrogen (secondary N) is 2. The molecule has 0 spiro atoms. The van der Waals surface area contributed by atoms with Crippen molar-refractivity contribution in [3.63, 3.8) is 0 Å². The van der Waals surface area contributed by atoms with E-state index in [4.69, 9.17) is 0 Å². The number of H-pyrrole nitrogens is 1. The van der Waals surface area contributed by atoms with Gasteiger partial charge < -0.3 is 0 Å². The quantitative estimate of drug-likeness (QED) is 0.819. The molecule has 0 aliphatic carbocycles. The third kappa shape index (κ3) is 2.25. The molecule has 2 rings (SSSR count). The first-order valence-corrected chi connectivity index (χ1v) is 5.07. The summed E-state index contributed by atoms with van der Waals surface area (Å²) in [4.78, 5) is 15.8. The number of anilines is 1. The summed E-state index contributed by atoms with van der Waals surface area (Å²) in [5.41, 5.74) is 0.588. The third-order valence-corrected chi connectivity index (χ3v) is 2.13. The first kappa shape index (κ1) is 10.4. The molecule has 0 saturated heterocycles. The first-order valence-electron chi connectivity index (χ1n) is 5.07. The number of hydrogen-bond donors (Lipinski definition) is 2. The van der Waals surface area contributed by atoms with Crippen LogP contribution >= 0.6 is 0 Å². The zero-order chi connectivity index (χ0) is 11.4. The van der Waals surface area contributed by atoms with E-state index in [0.29, 0.717) is 11.5 Å². The van der Waals surface area contributed by atoms with Gasteiger partial charge in [0.25, 0.3) is 5.91 Å². The van der Waals surface area contributed by atoms with Crippen LogP contribution in [0.15, 0.2) is 30.3 Å². The van der Waals surface area contributed by atoms with Crippen LogP contribution in [0.4, 0.5) is 5.95 Å². The molecular formula is C11H12N4O. The largest absolute Gasteiger partial charge is 0.289 e. The molecule has 1 heterocycles. The second-order valence-corrected chi connectivity index (χ2v) is 3.28. The van der Waals surface area contributed by atoms with Gasteiger partial charge in [0.1, 0.15) is 5.82 Å². The summed E-state index contributed by atoms with van der Waals surface area (Å²) in [6, 6.07) is 8.96. The fraction of sp³-hybridized carbons (Fsp3) is 0.182. The van der Waals surface area contributed by atoms with Crippen molar-refractivity contribution in [1.29, 1.82) is 0 Å². The molecule has 5 nitrogen and oxygen atoms in total. The van der Waals surface area contributed by atoms with Gasteiger partial charge in [-0.05, 0) is 12.1 Å². The molecule has 0 aliphatic rings. The molecule has 0 unspecified atom stereocenters. The maximum Gasteiger partial charge on any atom is 0.258 e. The van der Waals surface area contributed by atoms with Crippen LogP contribution in [0.5, 0.6) is 0 Å².